The maximum atomic E-state index is 11.9. The van der Waals surface area contributed by atoms with Crippen molar-refractivity contribution in [2.24, 2.45) is 0 Å². The summed E-state index contributed by atoms with van der Waals surface area (Å²) in [5.74, 6) is -0.190. The van der Waals surface area contributed by atoms with E-state index in [0.29, 0.717) is 5.56 Å². The van der Waals surface area contributed by atoms with Crippen LogP contribution in [-0.4, -0.2) is 16.0 Å². The average molecular weight is 255 g/mol. The molecule has 0 unspecified atom stereocenters. The molecule has 1 amide bonds. The molecule has 0 heterocycles. The zero-order valence-corrected chi connectivity index (χ0v) is 11.5. The van der Waals surface area contributed by atoms with Crippen molar-refractivity contribution in [1.82, 2.24) is 9.95 Å². The summed E-state index contributed by atoms with van der Waals surface area (Å²) in [6.45, 7) is 7.81. The third kappa shape index (κ3) is 4.02. The molecule has 17 heavy (non-hydrogen) atoms. The van der Waals surface area contributed by atoms with E-state index in [1.54, 1.807) is 6.07 Å². The Morgan fingerprint density at radius 3 is 2.59 bits per heavy atom. The molecule has 0 atom stereocenters. The molecule has 0 aliphatic carbocycles. The molecule has 0 radical (unpaired) electrons. The molecule has 1 aromatic carbocycles. The van der Waals surface area contributed by atoms with Crippen LogP contribution in [0.15, 0.2) is 24.3 Å². The molecule has 0 saturated carbocycles. The zero-order valence-electron chi connectivity index (χ0n) is 10.7. The first-order valence-electron chi connectivity index (χ1n) is 5.70. The van der Waals surface area contributed by atoms with Crippen molar-refractivity contribution in [3.63, 3.8) is 0 Å². The van der Waals surface area contributed by atoms with Gasteiger partial charge in [0.05, 0.1) is 0 Å². The third-order valence-electron chi connectivity index (χ3n) is 2.39. The highest BCUT2D eigenvalue weighted by atomic mass is 35.5. The Bertz CT molecular complexity index is 399. The first-order valence-corrected chi connectivity index (χ1v) is 6.04. The molecular weight excluding hydrogens is 236 g/mol. The van der Waals surface area contributed by atoms with E-state index in [1.165, 1.54) is 4.53 Å². The summed E-state index contributed by atoms with van der Waals surface area (Å²) in [4.78, 5) is 11.9. The lowest BCUT2D eigenvalue weighted by Crippen LogP contribution is -2.46. The van der Waals surface area contributed by atoms with E-state index < -0.39 is 0 Å². The van der Waals surface area contributed by atoms with Gasteiger partial charge in [0.25, 0.3) is 5.91 Å². The van der Waals surface area contributed by atoms with Crippen LogP contribution >= 0.6 is 11.8 Å². The normalized spacial score (nSPS) is 11.6. The summed E-state index contributed by atoms with van der Waals surface area (Å²) in [6.07, 6.45) is 0.908. The lowest BCUT2D eigenvalue weighted by atomic mass is 10.1. The number of carbonyl (C=O) groups excluding carboxylic acids is 1. The van der Waals surface area contributed by atoms with E-state index in [2.05, 4.69) is 12.3 Å². The second-order valence-electron chi connectivity index (χ2n) is 4.95. The number of hydrogen-bond donors (Lipinski definition) is 1. The minimum atomic E-state index is -0.320. The molecule has 4 heteroatoms. The third-order valence-corrected chi connectivity index (χ3v) is 2.98. The number of nitrogens with zero attached hydrogens (tertiary/aromatic N) is 1. The molecule has 0 fully saturated rings. The van der Waals surface area contributed by atoms with Crippen molar-refractivity contribution in [2.45, 2.75) is 39.7 Å². The minimum absolute atomic E-state index is 0.190. The maximum absolute atomic E-state index is 11.9. The van der Waals surface area contributed by atoms with E-state index in [-0.39, 0.29) is 11.4 Å². The molecule has 0 spiro atoms. The van der Waals surface area contributed by atoms with Gasteiger partial charge in [-0.3, -0.25) is 10.2 Å². The number of hydrogen-bond acceptors (Lipinski definition) is 2. The van der Waals surface area contributed by atoms with Gasteiger partial charge >= 0.3 is 0 Å². The Hall–Kier alpha value is -1.06. The quantitative estimate of drug-likeness (QED) is 0.664. The fourth-order valence-electron chi connectivity index (χ4n) is 1.25. The lowest BCUT2D eigenvalue weighted by Gasteiger charge is -2.28. The number of benzene rings is 1. The van der Waals surface area contributed by atoms with Crippen molar-refractivity contribution in [2.75, 3.05) is 0 Å². The highest BCUT2D eigenvalue weighted by Crippen LogP contribution is 2.14. The van der Waals surface area contributed by atoms with Crippen molar-refractivity contribution < 1.29 is 4.79 Å². The Morgan fingerprint density at radius 2 is 2.06 bits per heavy atom. The summed E-state index contributed by atoms with van der Waals surface area (Å²) in [5, 5.41) is 0. The van der Waals surface area contributed by atoms with E-state index in [9.17, 15) is 4.79 Å². The Labute approximate surface area is 108 Å². The summed E-state index contributed by atoms with van der Waals surface area (Å²) in [7, 11) is 0. The molecule has 0 aliphatic rings. The monoisotopic (exact) mass is 254 g/mol. The molecular formula is C13H19ClN2O. The van der Waals surface area contributed by atoms with Crippen molar-refractivity contribution in [1.29, 1.82) is 0 Å². The van der Waals surface area contributed by atoms with Crippen LogP contribution in [0, 0.1) is 0 Å². The maximum Gasteiger partial charge on any atom is 0.266 e. The van der Waals surface area contributed by atoms with Crippen LogP contribution in [-0.2, 0) is 6.42 Å². The topological polar surface area (TPSA) is 32.3 Å². The molecule has 1 N–H and O–H groups in total. The first kappa shape index (κ1) is 14.0. The second-order valence-corrected chi connectivity index (χ2v) is 5.28. The van der Waals surface area contributed by atoms with Crippen molar-refractivity contribution >= 4 is 17.7 Å². The highest BCUT2D eigenvalue weighted by molar-refractivity contribution is 6.14. The van der Waals surface area contributed by atoms with E-state index in [4.69, 9.17) is 11.8 Å². The number of aryl methyl sites for hydroxylation is 1. The van der Waals surface area contributed by atoms with Gasteiger partial charge in [-0.1, -0.05) is 19.1 Å². The molecule has 0 bridgehead atoms. The largest absolute Gasteiger partial charge is 0.270 e. The number of carbonyl (C=O) groups is 1. The number of nitrogens with one attached hydrogen (secondary N) is 1. The SMILES string of the molecule is CCc1cccc(C(=O)NN(Cl)C(C)(C)C)c1. The Balaban J connectivity index is 2.76. The van der Waals surface area contributed by atoms with Gasteiger partial charge in [0.1, 0.15) is 0 Å². The van der Waals surface area contributed by atoms with E-state index in [0.717, 1.165) is 12.0 Å². The van der Waals surface area contributed by atoms with E-state index in [1.807, 2.05) is 39.0 Å². The standard InChI is InChI=1S/C13H19ClN2O/c1-5-10-7-6-8-11(9-10)12(17)15-16(14)13(2,3)4/h6-9H,5H2,1-4H3,(H,15,17). The minimum Gasteiger partial charge on any atom is -0.270 e. The van der Waals surface area contributed by atoms with Crippen LogP contribution in [0.3, 0.4) is 0 Å². The zero-order chi connectivity index (χ0) is 13.1. The summed E-state index contributed by atoms with van der Waals surface area (Å²) < 4.78 is 1.30. The predicted octanol–water partition coefficient (Wildman–Crippen LogP) is 3.15. The van der Waals surface area contributed by atoms with Crippen molar-refractivity contribution in [3.8, 4) is 0 Å². The van der Waals surface area contributed by atoms with Crippen LogP contribution in [0.4, 0.5) is 0 Å². The van der Waals surface area contributed by atoms with Crippen LogP contribution < -0.4 is 5.43 Å². The van der Waals surface area contributed by atoms with Gasteiger partial charge in [0.15, 0.2) is 0 Å². The van der Waals surface area contributed by atoms with Gasteiger partial charge in [-0.2, -0.15) is 0 Å². The number of halogens is 1. The first-order chi connectivity index (χ1) is 7.84. The van der Waals surface area contributed by atoms with Gasteiger partial charge in [0.2, 0.25) is 0 Å². The van der Waals surface area contributed by atoms with Gasteiger partial charge in [-0.05, 0) is 44.9 Å². The van der Waals surface area contributed by atoms with Gasteiger partial charge in [-0.25, -0.2) is 0 Å². The van der Waals surface area contributed by atoms with Gasteiger partial charge in [0, 0.05) is 22.9 Å². The molecule has 1 rings (SSSR count). The number of amides is 1. The van der Waals surface area contributed by atoms with Crippen LogP contribution in [0.5, 0.6) is 0 Å². The number of hydrazine groups is 1. The summed E-state index contributed by atoms with van der Waals surface area (Å²) in [6, 6.07) is 7.53. The molecule has 0 aromatic heterocycles. The van der Waals surface area contributed by atoms with Crippen LogP contribution in [0.2, 0.25) is 0 Å². The smallest absolute Gasteiger partial charge is 0.266 e. The molecule has 1 aromatic rings. The molecule has 94 valence electrons. The summed E-state index contributed by atoms with van der Waals surface area (Å²) in [5.41, 5.74) is 4.09. The lowest BCUT2D eigenvalue weighted by molar-refractivity contribution is 0.0806. The fraction of sp³-hybridized carbons (Fsp3) is 0.462. The average Bonchev–Trinajstić information content (AvgIpc) is 2.27. The predicted molar refractivity (Wildman–Crippen MR) is 70.7 cm³/mol. The van der Waals surface area contributed by atoms with Crippen LogP contribution in [0.1, 0.15) is 43.6 Å². The van der Waals surface area contributed by atoms with Crippen molar-refractivity contribution in [3.05, 3.63) is 35.4 Å². The van der Waals surface area contributed by atoms with E-state index >= 15 is 0 Å². The Kier molecular flexibility index (Phi) is 4.54. The molecule has 3 nitrogen and oxygen atoms in total. The van der Waals surface area contributed by atoms with Crippen LogP contribution in [0.25, 0.3) is 0 Å². The molecule has 0 aliphatic heterocycles. The Morgan fingerprint density at radius 1 is 1.41 bits per heavy atom. The number of rotatable bonds is 3. The fourth-order valence-corrected chi connectivity index (χ4v) is 1.33. The summed E-state index contributed by atoms with van der Waals surface area (Å²) >= 11 is 5.98. The highest BCUT2D eigenvalue weighted by Gasteiger charge is 2.21. The second kappa shape index (κ2) is 5.52. The van der Waals surface area contributed by atoms with Gasteiger partial charge in [-0.15, -0.1) is 4.53 Å². The molecule has 0 saturated heterocycles. The van der Waals surface area contributed by atoms with Gasteiger partial charge < -0.3 is 0 Å².